The van der Waals surface area contributed by atoms with Crippen molar-refractivity contribution in [2.24, 2.45) is 11.8 Å². The van der Waals surface area contributed by atoms with Crippen LogP contribution < -0.4 is 0 Å². The molecule has 0 fully saturated rings. The van der Waals surface area contributed by atoms with E-state index in [1.165, 1.54) is 16.7 Å². The van der Waals surface area contributed by atoms with Crippen LogP contribution in [0.4, 0.5) is 0 Å². The molecular weight excluding hydrogens is 1020 g/mol. The molecule has 0 aliphatic heterocycles. The maximum atomic E-state index is 3.42. The van der Waals surface area contributed by atoms with Crippen molar-refractivity contribution in [2.75, 3.05) is 0 Å². The average molecular weight is 1040 g/mol. The summed E-state index contributed by atoms with van der Waals surface area (Å²) in [4.78, 5) is 0. The van der Waals surface area contributed by atoms with Gasteiger partial charge >= 0.3 is 0 Å². The monoisotopic (exact) mass is 1040 g/mol. The van der Waals surface area contributed by atoms with Gasteiger partial charge in [-0.15, -0.1) is 0 Å². The van der Waals surface area contributed by atoms with Crippen LogP contribution in [0.3, 0.4) is 0 Å². The van der Waals surface area contributed by atoms with E-state index in [1.807, 2.05) is 0 Å². The molecule has 0 saturated carbocycles. The van der Waals surface area contributed by atoms with E-state index in [1.54, 1.807) is 0 Å². The first-order valence-electron chi connectivity index (χ1n) is 7.10. The van der Waals surface area contributed by atoms with Crippen molar-refractivity contribution >= 4 is 0 Å². The Hall–Kier alpha value is 8.90. The van der Waals surface area contributed by atoms with Crippen molar-refractivity contribution in [1.29, 1.82) is 0 Å². The minimum absolute atomic E-state index is 0. The van der Waals surface area contributed by atoms with Crippen LogP contribution in [0.15, 0.2) is 24.3 Å². The number of rotatable bonds is 3. The molecule has 27 heavy (non-hydrogen) atoms. The van der Waals surface area contributed by atoms with Gasteiger partial charge in [-0.2, -0.15) is 18.3 Å². The second kappa shape index (κ2) is 32.9. The molecule has 1 aromatic carbocycles. The third-order valence-corrected chi connectivity index (χ3v) is 3.64. The maximum absolute atomic E-state index is 3.42. The predicted molar refractivity (Wildman–Crippen MR) is 78.4 cm³/mol. The minimum Gasteiger partial charge on any atom is -0.500 e. The van der Waals surface area contributed by atoms with Gasteiger partial charge in [0.1, 0.15) is 0 Å². The van der Waals surface area contributed by atoms with Crippen molar-refractivity contribution in [2.45, 2.75) is 46.5 Å². The summed E-state index contributed by atoms with van der Waals surface area (Å²) < 4.78 is 0. The van der Waals surface area contributed by atoms with Gasteiger partial charge in [0.05, 0.1) is 0 Å². The second-order valence-corrected chi connectivity index (χ2v) is 5.98. The summed E-state index contributed by atoms with van der Waals surface area (Å²) in [6.07, 6.45) is 10.4. The minimum atomic E-state index is 0. The van der Waals surface area contributed by atoms with Crippen molar-refractivity contribution in [3.63, 3.8) is 0 Å². The Bertz CT molecular complexity index is 448. The van der Waals surface area contributed by atoms with Gasteiger partial charge in [0.15, 0.2) is 0 Å². The Balaban J connectivity index is -0.0000000669. The van der Waals surface area contributed by atoms with E-state index in [4.69, 9.17) is 0 Å². The Kier molecular flexibility index (Phi) is 68.5. The number of allylic oxidation sites excluding steroid dienone is 2. The SMILES string of the molecule is CC(C)[C-]=CC1[CH-]Cc2cc(C(C)C)ccc2C1.[Y].[Y].[Y].[Y].[Y].[Y].[Y].[Y].[Y]. The molecule has 0 aromatic heterocycles. The molecule has 2 rings (SSSR count). The van der Waals surface area contributed by atoms with Crippen LogP contribution in [-0.4, -0.2) is 0 Å². The number of fused-ring (bicyclic) bond motifs is 1. The summed E-state index contributed by atoms with van der Waals surface area (Å²) in [6, 6.07) is 7.01. The molecule has 0 spiro atoms. The third-order valence-electron chi connectivity index (χ3n) is 3.64. The molecule has 9 radical (unpaired) electrons. The Morgan fingerprint density at radius 3 is 1.81 bits per heavy atom. The summed E-state index contributed by atoms with van der Waals surface area (Å²) in [5, 5.41) is 0. The molecule has 1 aromatic rings. The summed E-state index contributed by atoms with van der Waals surface area (Å²) in [5.41, 5.74) is 4.51. The van der Waals surface area contributed by atoms with Crippen LogP contribution in [0.1, 0.15) is 50.3 Å². The standard InChI is InChI=1S/C18H24.9Y/c1-13(2)5-6-15-7-8-18-12-16(14(3)4)9-10-17(18)11-15;;;;;;;;;/h6-7,9-10,12-15H,8,11H2,1-4H3;;;;;;;;;/q-2;;;;;;;;;. The van der Waals surface area contributed by atoms with Gasteiger partial charge in [0.2, 0.25) is 0 Å². The van der Waals surface area contributed by atoms with Crippen LogP contribution in [0.25, 0.3) is 0 Å². The fraction of sp³-hybridized carbons (Fsp3) is 0.500. The van der Waals surface area contributed by atoms with Crippen molar-refractivity contribution in [3.8, 4) is 0 Å². The summed E-state index contributed by atoms with van der Waals surface area (Å²) in [6.45, 7) is 8.89. The van der Waals surface area contributed by atoms with E-state index in [0.717, 1.165) is 12.8 Å². The van der Waals surface area contributed by atoms with Crippen LogP contribution in [0, 0.1) is 24.3 Å². The van der Waals surface area contributed by atoms with E-state index >= 15 is 0 Å². The van der Waals surface area contributed by atoms with Crippen molar-refractivity contribution in [3.05, 3.63) is 53.5 Å². The van der Waals surface area contributed by atoms with E-state index in [-0.39, 0.29) is 294 Å². The van der Waals surface area contributed by atoms with Crippen LogP contribution >= 0.6 is 0 Å². The Labute approximate surface area is 395 Å². The summed E-state index contributed by atoms with van der Waals surface area (Å²) in [7, 11) is 0. The van der Waals surface area contributed by atoms with Gasteiger partial charge in [0.25, 0.3) is 0 Å². The first-order valence-corrected chi connectivity index (χ1v) is 7.10. The van der Waals surface area contributed by atoms with E-state index in [0.29, 0.717) is 17.8 Å². The van der Waals surface area contributed by atoms with E-state index in [2.05, 4.69) is 64.5 Å². The second-order valence-electron chi connectivity index (χ2n) is 5.98. The molecular formula is C18H24Y9-2. The van der Waals surface area contributed by atoms with Gasteiger partial charge < -0.3 is 12.5 Å². The third kappa shape index (κ3) is 23.7. The van der Waals surface area contributed by atoms with E-state index in [9.17, 15) is 0 Å². The predicted octanol–water partition coefficient (Wildman–Crippen LogP) is 4.72. The molecule has 0 heterocycles. The first-order chi connectivity index (χ1) is 8.56. The number of hydrogen-bond donors (Lipinski definition) is 0. The fourth-order valence-corrected chi connectivity index (χ4v) is 2.45. The largest absolute Gasteiger partial charge is 0.500 e. The maximum Gasteiger partial charge on any atom is 0 e. The summed E-state index contributed by atoms with van der Waals surface area (Å²) in [5.74, 6) is 1.73. The molecule has 9 heteroatoms. The molecule has 1 atom stereocenters. The molecule has 0 nitrogen and oxygen atoms in total. The number of hydrogen-bond acceptors (Lipinski definition) is 0. The normalized spacial score (nSPS) is 13.2. The molecule has 1 aliphatic rings. The van der Waals surface area contributed by atoms with Crippen LogP contribution in [0.5, 0.6) is 0 Å². The fourth-order valence-electron chi connectivity index (χ4n) is 2.45. The molecule has 0 amide bonds. The van der Waals surface area contributed by atoms with Gasteiger partial charge in [0, 0.05) is 294 Å². The first kappa shape index (κ1) is 56.2. The zero-order valence-electron chi connectivity index (χ0n) is 17.2. The molecule has 0 bridgehead atoms. The quantitative estimate of drug-likeness (QED) is 0.386. The molecule has 1 aliphatic carbocycles. The van der Waals surface area contributed by atoms with Crippen molar-refractivity contribution < 1.29 is 294 Å². The molecule has 1 unspecified atom stereocenters. The number of benzene rings is 1. The Morgan fingerprint density at radius 2 is 1.37 bits per heavy atom. The van der Waals surface area contributed by atoms with E-state index < -0.39 is 0 Å². The zero-order valence-corrected chi connectivity index (χ0v) is 42.8. The molecule has 125 valence electrons. The molecule has 0 N–H and O–H groups in total. The van der Waals surface area contributed by atoms with Gasteiger partial charge in [-0.3, -0.25) is 6.08 Å². The summed E-state index contributed by atoms with van der Waals surface area (Å²) >= 11 is 0. The zero-order chi connectivity index (χ0) is 13.1. The van der Waals surface area contributed by atoms with Gasteiger partial charge in [-0.05, 0) is 17.0 Å². The Morgan fingerprint density at radius 1 is 0.852 bits per heavy atom. The average Bonchev–Trinajstić information content (AvgIpc) is 2.35. The van der Waals surface area contributed by atoms with Crippen LogP contribution in [0.2, 0.25) is 0 Å². The topological polar surface area (TPSA) is 0 Å². The van der Waals surface area contributed by atoms with Gasteiger partial charge in [-0.25, -0.2) is 0 Å². The van der Waals surface area contributed by atoms with Crippen molar-refractivity contribution in [1.82, 2.24) is 0 Å². The smallest absolute Gasteiger partial charge is 0 e. The van der Waals surface area contributed by atoms with Crippen LogP contribution in [-0.2, 0) is 307 Å². The van der Waals surface area contributed by atoms with Gasteiger partial charge in [-0.1, -0.05) is 57.9 Å². The molecule has 0 saturated heterocycles.